The van der Waals surface area contributed by atoms with Gasteiger partial charge in [-0.05, 0) is 32.9 Å². The molecule has 0 bridgehead atoms. The predicted molar refractivity (Wildman–Crippen MR) is 123 cm³/mol. The van der Waals surface area contributed by atoms with E-state index in [-0.39, 0.29) is 32.0 Å². The number of amides is 1. The van der Waals surface area contributed by atoms with E-state index in [4.69, 9.17) is 41.9 Å². The van der Waals surface area contributed by atoms with E-state index >= 15 is 0 Å². The van der Waals surface area contributed by atoms with Gasteiger partial charge in [-0.15, -0.1) is 0 Å². The third kappa shape index (κ3) is 6.47. The van der Waals surface area contributed by atoms with Gasteiger partial charge in [-0.3, -0.25) is 4.79 Å². The molecule has 13 N–H and O–H groups in total. The molecule has 202 valence electrons. The number of hydrogen-bond donors (Lipinski definition) is 9. The van der Waals surface area contributed by atoms with Gasteiger partial charge in [-0.2, -0.15) is 0 Å². The Morgan fingerprint density at radius 1 is 1.14 bits per heavy atom. The largest absolute Gasteiger partial charge is 0.466 e. The molecule has 2 heterocycles. The average molecular weight is 505 g/mol. The fourth-order valence-corrected chi connectivity index (χ4v) is 4.68. The molecule has 2 fully saturated rings. The maximum Gasteiger partial charge on any atom is 0.234 e. The van der Waals surface area contributed by atoms with Crippen molar-refractivity contribution >= 4 is 5.91 Å². The monoisotopic (exact) mass is 504 g/mol. The van der Waals surface area contributed by atoms with Crippen LogP contribution in [0.25, 0.3) is 0 Å². The van der Waals surface area contributed by atoms with E-state index in [1.165, 1.54) is 6.92 Å². The highest BCUT2D eigenvalue weighted by molar-refractivity contribution is 5.77. The number of likely N-dealkylation sites (N-methyl/N-ethyl adjacent to an activating group) is 1. The summed E-state index contributed by atoms with van der Waals surface area (Å²) in [6, 6.07) is -2.59. The van der Waals surface area contributed by atoms with E-state index in [0.29, 0.717) is 12.2 Å². The zero-order valence-electron chi connectivity index (χ0n) is 20.1. The van der Waals surface area contributed by atoms with Gasteiger partial charge in [-0.25, -0.2) is 0 Å². The van der Waals surface area contributed by atoms with Gasteiger partial charge in [0.05, 0.1) is 31.8 Å². The molecule has 0 unspecified atom stereocenters. The van der Waals surface area contributed by atoms with Crippen molar-refractivity contribution in [2.24, 2.45) is 22.9 Å². The van der Waals surface area contributed by atoms with Gasteiger partial charge in [0.2, 0.25) is 12.2 Å². The number of nitrogens with one attached hydrogen (secondary N) is 2. The van der Waals surface area contributed by atoms with E-state index < -0.39 is 66.8 Å². The molecule has 0 aromatic rings. The Kier molecular flexibility index (Phi) is 9.45. The quantitative estimate of drug-likeness (QED) is 0.151. The number of carbonyl (C=O) groups is 1. The molecule has 3 aliphatic rings. The minimum Gasteiger partial charge on any atom is -0.466 e. The summed E-state index contributed by atoms with van der Waals surface area (Å²) in [5.74, 6) is 0.112. The molecule has 35 heavy (non-hydrogen) atoms. The van der Waals surface area contributed by atoms with E-state index in [1.54, 1.807) is 13.1 Å². The van der Waals surface area contributed by atoms with Gasteiger partial charge in [0.15, 0.2) is 6.29 Å². The summed E-state index contributed by atoms with van der Waals surface area (Å²) in [5.41, 5.74) is 22.6. The van der Waals surface area contributed by atoms with Crippen LogP contribution < -0.4 is 33.6 Å². The second-order valence-corrected chi connectivity index (χ2v) is 9.59. The molecule has 0 aromatic carbocycles. The first-order valence-corrected chi connectivity index (χ1v) is 11.8. The summed E-state index contributed by atoms with van der Waals surface area (Å²) in [7, 11) is 1.60. The fraction of sp³-hybridized carbons (Fsp3) is 0.857. The molecule has 0 radical (unpaired) electrons. The molecule has 1 saturated heterocycles. The van der Waals surface area contributed by atoms with Crippen LogP contribution in [0.5, 0.6) is 0 Å². The summed E-state index contributed by atoms with van der Waals surface area (Å²) in [6.45, 7) is 1.41. The van der Waals surface area contributed by atoms with Crippen LogP contribution in [-0.4, -0.2) is 115 Å². The van der Waals surface area contributed by atoms with Crippen molar-refractivity contribution in [1.82, 2.24) is 10.6 Å². The Morgan fingerprint density at radius 3 is 2.37 bits per heavy atom. The third-order valence-corrected chi connectivity index (χ3v) is 6.67. The summed E-state index contributed by atoms with van der Waals surface area (Å²) in [4.78, 5) is 11.4. The van der Waals surface area contributed by atoms with Crippen molar-refractivity contribution in [2.45, 2.75) is 86.5 Å². The topological polar surface area (TPSA) is 243 Å². The molecule has 11 atom stereocenters. The number of ether oxygens (including phenoxy) is 4. The first-order chi connectivity index (χ1) is 16.5. The zero-order valence-corrected chi connectivity index (χ0v) is 20.1. The maximum atomic E-state index is 11.4. The molecule has 0 aromatic heterocycles. The SMILES string of the molecule is CN[C@@H]1[C@@H](O)[C@@H](O[C@@H]2[C@@H](O)[C@H](O[C@H]3OC(CNC(=O)CN)=CC[C@H]3N)[C@@H](N)C[C@H]2N)OC[C@]1(C)O. The normalized spacial score (nSPS) is 44.3. The van der Waals surface area contributed by atoms with Crippen molar-refractivity contribution < 1.29 is 39.1 Å². The number of nitrogens with two attached hydrogens (primary N) is 4. The Hall–Kier alpha value is -1.43. The molecule has 1 amide bonds. The lowest BCUT2D eigenvalue weighted by molar-refractivity contribution is -0.303. The Labute approximate surface area is 204 Å². The lowest BCUT2D eigenvalue weighted by atomic mass is 9.84. The van der Waals surface area contributed by atoms with Gasteiger partial charge in [0.25, 0.3) is 0 Å². The van der Waals surface area contributed by atoms with E-state index in [0.717, 1.165) is 0 Å². The van der Waals surface area contributed by atoms with Gasteiger partial charge < -0.3 is 67.8 Å². The predicted octanol–water partition coefficient (Wildman–Crippen LogP) is -4.74. The van der Waals surface area contributed by atoms with E-state index in [2.05, 4.69) is 10.6 Å². The Bertz CT molecular complexity index is 757. The van der Waals surface area contributed by atoms with Crippen LogP contribution in [0.4, 0.5) is 0 Å². The maximum absolute atomic E-state index is 11.4. The number of aliphatic hydroxyl groups excluding tert-OH is 2. The molecular formula is C21H40N6O8. The third-order valence-electron chi connectivity index (χ3n) is 6.67. The molecule has 2 aliphatic heterocycles. The average Bonchev–Trinajstić information content (AvgIpc) is 2.80. The van der Waals surface area contributed by atoms with Crippen molar-refractivity contribution in [3.05, 3.63) is 11.8 Å². The smallest absolute Gasteiger partial charge is 0.234 e. The summed E-state index contributed by atoms with van der Waals surface area (Å²) in [5, 5.41) is 37.7. The van der Waals surface area contributed by atoms with Crippen LogP contribution in [-0.2, 0) is 23.7 Å². The first-order valence-electron chi connectivity index (χ1n) is 11.8. The lowest BCUT2D eigenvalue weighted by Gasteiger charge is -2.48. The summed E-state index contributed by atoms with van der Waals surface area (Å²) in [6.07, 6.45) is -4.13. The second-order valence-electron chi connectivity index (χ2n) is 9.59. The minimum absolute atomic E-state index is 0.0989. The Balaban J connectivity index is 1.65. The highest BCUT2D eigenvalue weighted by Gasteiger charge is 2.50. The number of hydrogen-bond acceptors (Lipinski definition) is 13. The minimum atomic E-state index is -1.32. The first kappa shape index (κ1) is 28.1. The van der Waals surface area contributed by atoms with Crippen LogP contribution in [0.3, 0.4) is 0 Å². The van der Waals surface area contributed by atoms with Crippen molar-refractivity contribution in [1.29, 1.82) is 0 Å². The lowest BCUT2D eigenvalue weighted by Crippen LogP contribution is -2.68. The number of rotatable bonds is 8. The van der Waals surface area contributed by atoms with E-state index in [1.807, 2.05) is 0 Å². The highest BCUT2D eigenvalue weighted by atomic mass is 16.7. The molecule has 14 heteroatoms. The van der Waals surface area contributed by atoms with Crippen LogP contribution in [0, 0.1) is 0 Å². The van der Waals surface area contributed by atoms with Crippen LogP contribution in [0.2, 0.25) is 0 Å². The molecule has 0 spiro atoms. The molecular weight excluding hydrogens is 464 g/mol. The van der Waals surface area contributed by atoms with Crippen LogP contribution in [0.1, 0.15) is 19.8 Å². The number of carbonyl (C=O) groups excluding carboxylic acids is 1. The fourth-order valence-electron chi connectivity index (χ4n) is 4.68. The van der Waals surface area contributed by atoms with Gasteiger partial charge in [-0.1, -0.05) is 0 Å². The van der Waals surface area contributed by atoms with Gasteiger partial charge in [0, 0.05) is 12.1 Å². The van der Waals surface area contributed by atoms with E-state index in [9.17, 15) is 20.1 Å². The standard InChI is InChI=1S/C21H40N6O8/c1-21(31)8-32-20(15(30)18(21)26-2)35-17-12(25)5-11(24)16(14(17)29)34-19-10(23)4-3-9(33-19)7-27-13(28)6-22/h3,10-12,14-20,26,29-31H,4-8,22-25H2,1-2H3,(H,27,28)/t10-,11+,12-,14+,15-,16-,17+,18-,19-,20-,21+/m1/s1. The van der Waals surface area contributed by atoms with Crippen molar-refractivity contribution in [2.75, 3.05) is 26.7 Å². The van der Waals surface area contributed by atoms with Crippen LogP contribution in [0.15, 0.2) is 11.8 Å². The zero-order chi connectivity index (χ0) is 25.9. The van der Waals surface area contributed by atoms with Gasteiger partial charge in [0.1, 0.15) is 35.8 Å². The molecule has 1 saturated carbocycles. The van der Waals surface area contributed by atoms with Gasteiger partial charge >= 0.3 is 0 Å². The summed E-state index contributed by atoms with van der Waals surface area (Å²) < 4.78 is 23.3. The van der Waals surface area contributed by atoms with Crippen molar-refractivity contribution in [3.63, 3.8) is 0 Å². The summed E-state index contributed by atoms with van der Waals surface area (Å²) >= 11 is 0. The number of aliphatic hydroxyl groups is 3. The van der Waals surface area contributed by atoms with Crippen molar-refractivity contribution in [3.8, 4) is 0 Å². The highest BCUT2D eigenvalue weighted by Crippen LogP contribution is 2.31. The second kappa shape index (κ2) is 11.7. The molecule has 3 rings (SSSR count). The molecule has 14 nitrogen and oxygen atoms in total. The molecule has 1 aliphatic carbocycles. The van der Waals surface area contributed by atoms with Crippen LogP contribution >= 0.6 is 0 Å². The Morgan fingerprint density at radius 2 is 1.77 bits per heavy atom.